The van der Waals surface area contributed by atoms with E-state index in [1.54, 1.807) is 0 Å². The van der Waals surface area contributed by atoms with Crippen LogP contribution in [0.5, 0.6) is 5.75 Å². The van der Waals surface area contributed by atoms with Crippen molar-refractivity contribution in [1.29, 1.82) is 0 Å². The summed E-state index contributed by atoms with van der Waals surface area (Å²) in [5.74, 6) is 2.06. The number of benzene rings is 1. The molecule has 0 spiro atoms. The summed E-state index contributed by atoms with van der Waals surface area (Å²) in [6.45, 7) is 8.15. The average molecular weight is 285 g/mol. The van der Waals surface area contributed by atoms with Crippen molar-refractivity contribution in [3.05, 3.63) is 41.5 Å². The largest absolute Gasteiger partial charge is 0.491 e. The molecule has 4 heteroatoms. The van der Waals surface area contributed by atoms with Gasteiger partial charge in [0, 0.05) is 37.3 Å². The van der Waals surface area contributed by atoms with Gasteiger partial charge in [-0.1, -0.05) is 6.92 Å². The smallest absolute Gasteiger partial charge is 0.119 e. The van der Waals surface area contributed by atoms with Gasteiger partial charge in [-0.15, -0.1) is 0 Å². The molecule has 21 heavy (non-hydrogen) atoms. The molecular weight excluding hydrogens is 262 g/mol. The molecule has 4 nitrogen and oxygen atoms in total. The fraction of sp³-hybridized carbons (Fsp3) is 0.471. The number of hydrogen-bond acceptors (Lipinski definition) is 3. The Balaban J connectivity index is 1.97. The van der Waals surface area contributed by atoms with Gasteiger partial charge in [0.2, 0.25) is 0 Å². The highest BCUT2D eigenvalue weighted by molar-refractivity contribution is 5.42. The summed E-state index contributed by atoms with van der Waals surface area (Å²) in [7, 11) is 0. The fourth-order valence-corrected chi connectivity index (χ4v) is 2.85. The number of aryl methyl sites for hydroxylation is 1. The zero-order valence-corrected chi connectivity index (χ0v) is 13.0. The monoisotopic (exact) mass is 285 g/mol. The predicted molar refractivity (Wildman–Crippen MR) is 84.1 cm³/mol. The van der Waals surface area contributed by atoms with Crippen LogP contribution in [0.3, 0.4) is 0 Å². The molecular formula is C17H23N3O. The summed E-state index contributed by atoms with van der Waals surface area (Å²) in [5.41, 5.74) is 3.72. The molecule has 0 unspecified atom stereocenters. The van der Waals surface area contributed by atoms with E-state index in [9.17, 15) is 0 Å². The molecule has 0 atom stereocenters. The molecule has 1 aliphatic rings. The van der Waals surface area contributed by atoms with Crippen molar-refractivity contribution in [2.45, 2.75) is 46.3 Å². The van der Waals surface area contributed by atoms with E-state index in [0.717, 1.165) is 37.5 Å². The zero-order valence-electron chi connectivity index (χ0n) is 13.0. The Bertz CT molecular complexity index is 614. The van der Waals surface area contributed by atoms with E-state index in [2.05, 4.69) is 28.9 Å². The van der Waals surface area contributed by atoms with Crippen LogP contribution in [-0.4, -0.2) is 22.2 Å². The Labute approximate surface area is 126 Å². The molecule has 0 saturated carbocycles. The number of aromatic nitrogens is 2. The first-order valence-electron chi connectivity index (χ1n) is 7.76. The van der Waals surface area contributed by atoms with E-state index < -0.39 is 0 Å². The van der Waals surface area contributed by atoms with E-state index in [1.807, 2.05) is 26.0 Å². The maximum absolute atomic E-state index is 5.72. The number of rotatable bonds is 4. The molecule has 112 valence electrons. The molecule has 0 bridgehead atoms. The molecule has 0 aliphatic carbocycles. The second-order valence-corrected chi connectivity index (χ2v) is 5.70. The maximum Gasteiger partial charge on any atom is 0.119 e. The van der Waals surface area contributed by atoms with Gasteiger partial charge in [0.15, 0.2) is 0 Å². The molecule has 0 amide bonds. The van der Waals surface area contributed by atoms with Crippen molar-refractivity contribution in [3.8, 4) is 11.4 Å². The Kier molecular flexibility index (Phi) is 3.97. The zero-order chi connectivity index (χ0) is 14.8. The molecule has 2 aromatic rings. The Hall–Kier alpha value is -1.81. The minimum atomic E-state index is 0.203. The third-order valence-corrected chi connectivity index (χ3v) is 3.74. The first kappa shape index (κ1) is 14.1. The lowest BCUT2D eigenvalue weighted by Crippen LogP contribution is -2.24. The standard InChI is InChI=1S/C17H23N3O/c1-4-17-19-15-11-18-10-9-16(15)20(17)13-5-7-14(8-6-13)21-12(2)3/h5-8,12,18H,4,9-11H2,1-3H3. The predicted octanol–water partition coefficient (Wildman–Crippen LogP) is 2.87. The number of hydrogen-bond donors (Lipinski definition) is 1. The molecule has 3 rings (SSSR count). The molecule has 1 N–H and O–H groups in total. The molecule has 0 saturated heterocycles. The van der Waals surface area contributed by atoms with Gasteiger partial charge in [0.25, 0.3) is 0 Å². The molecule has 1 aliphatic heterocycles. The van der Waals surface area contributed by atoms with E-state index in [1.165, 1.54) is 17.1 Å². The van der Waals surface area contributed by atoms with E-state index in [4.69, 9.17) is 9.72 Å². The van der Waals surface area contributed by atoms with Crippen molar-refractivity contribution in [3.63, 3.8) is 0 Å². The van der Waals surface area contributed by atoms with Gasteiger partial charge in [0.1, 0.15) is 11.6 Å². The van der Waals surface area contributed by atoms with Gasteiger partial charge in [-0.05, 0) is 38.1 Å². The van der Waals surface area contributed by atoms with Gasteiger partial charge < -0.3 is 14.6 Å². The van der Waals surface area contributed by atoms with Crippen LogP contribution in [0.15, 0.2) is 24.3 Å². The summed E-state index contributed by atoms with van der Waals surface area (Å²) in [5, 5.41) is 3.39. The van der Waals surface area contributed by atoms with Crippen molar-refractivity contribution in [2.75, 3.05) is 6.54 Å². The lowest BCUT2D eigenvalue weighted by Gasteiger charge is -2.17. The molecule has 1 aromatic carbocycles. The highest BCUT2D eigenvalue weighted by atomic mass is 16.5. The van der Waals surface area contributed by atoms with Gasteiger partial charge in [-0.2, -0.15) is 0 Å². The number of ether oxygens (including phenoxy) is 1. The van der Waals surface area contributed by atoms with Gasteiger partial charge in [-0.3, -0.25) is 0 Å². The average Bonchev–Trinajstić information content (AvgIpc) is 2.86. The minimum absolute atomic E-state index is 0.203. The first-order valence-corrected chi connectivity index (χ1v) is 7.76. The van der Waals surface area contributed by atoms with E-state index in [0.29, 0.717) is 0 Å². The molecule has 0 radical (unpaired) electrons. The van der Waals surface area contributed by atoms with Gasteiger partial charge >= 0.3 is 0 Å². The Morgan fingerprint density at radius 3 is 2.71 bits per heavy atom. The number of nitrogens with zero attached hydrogens (tertiary/aromatic N) is 2. The maximum atomic E-state index is 5.72. The summed E-state index contributed by atoms with van der Waals surface area (Å²) < 4.78 is 8.04. The lowest BCUT2D eigenvalue weighted by molar-refractivity contribution is 0.242. The summed E-state index contributed by atoms with van der Waals surface area (Å²) >= 11 is 0. The third-order valence-electron chi connectivity index (χ3n) is 3.74. The molecule has 1 aromatic heterocycles. The second kappa shape index (κ2) is 5.90. The quantitative estimate of drug-likeness (QED) is 0.939. The van der Waals surface area contributed by atoms with Crippen LogP contribution in [-0.2, 0) is 19.4 Å². The van der Waals surface area contributed by atoms with Crippen LogP contribution in [0.25, 0.3) is 5.69 Å². The Morgan fingerprint density at radius 1 is 1.29 bits per heavy atom. The Morgan fingerprint density at radius 2 is 2.05 bits per heavy atom. The van der Waals surface area contributed by atoms with Crippen LogP contribution in [0.2, 0.25) is 0 Å². The SMILES string of the molecule is CCc1nc2c(n1-c1ccc(OC(C)C)cc1)CCNC2. The van der Waals surface area contributed by atoms with Crippen molar-refractivity contribution >= 4 is 0 Å². The van der Waals surface area contributed by atoms with Crippen molar-refractivity contribution in [1.82, 2.24) is 14.9 Å². The van der Waals surface area contributed by atoms with Gasteiger partial charge in [-0.25, -0.2) is 4.98 Å². The molecule has 2 heterocycles. The number of nitrogens with one attached hydrogen (secondary N) is 1. The molecule has 0 fully saturated rings. The van der Waals surface area contributed by atoms with E-state index >= 15 is 0 Å². The number of fused-ring (bicyclic) bond motifs is 1. The summed E-state index contributed by atoms with van der Waals surface area (Å²) in [4.78, 5) is 4.79. The fourth-order valence-electron chi connectivity index (χ4n) is 2.85. The van der Waals surface area contributed by atoms with Gasteiger partial charge in [0.05, 0.1) is 11.8 Å². The summed E-state index contributed by atoms with van der Waals surface area (Å²) in [6.07, 6.45) is 2.18. The second-order valence-electron chi connectivity index (χ2n) is 5.70. The minimum Gasteiger partial charge on any atom is -0.491 e. The topological polar surface area (TPSA) is 39.1 Å². The lowest BCUT2D eigenvalue weighted by atomic mass is 10.1. The van der Waals surface area contributed by atoms with Crippen molar-refractivity contribution < 1.29 is 4.74 Å². The number of imidazole rings is 1. The van der Waals surface area contributed by atoms with E-state index in [-0.39, 0.29) is 6.10 Å². The van der Waals surface area contributed by atoms with Crippen LogP contribution in [0.1, 0.15) is 38.0 Å². The van der Waals surface area contributed by atoms with Crippen LogP contribution in [0.4, 0.5) is 0 Å². The normalized spacial score (nSPS) is 14.3. The highest BCUT2D eigenvalue weighted by Gasteiger charge is 2.19. The van der Waals surface area contributed by atoms with Crippen LogP contribution >= 0.6 is 0 Å². The third kappa shape index (κ3) is 2.81. The first-order chi connectivity index (χ1) is 10.2. The van der Waals surface area contributed by atoms with Crippen LogP contribution < -0.4 is 10.1 Å². The summed E-state index contributed by atoms with van der Waals surface area (Å²) in [6, 6.07) is 8.34. The van der Waals surface area contributed by atoms with Crippen molar-refractivity contribution in [2.24, 2.45) is 0 Å². The highest BCUT2D eigenvalue weighted by Crippen LogP contribution is 2.24. The van der Waals surface area contributed by atoms with Crippen LogP contribution in [0, 0.1) is 0 Å².